The number of Topliss-reactive ketones (excluding diaryl/α,β-unsaturated/α-hetero) is 1. The van der Waals surface area contributed by atoms with Crippen LogP contribution in [0.2, 0.25) is 0 Å². The van der Waals surface area contributed by atoms with Crippen molar-refractivity contribution in [3.63, 3.8) is 0 Å². The van der Waals surface area contributed by atoms with Crippen LogP contribution in [-0.2, 0) is 20.4 Å². The highest BCUT2D eigenvalue weighted by molar-refractivity contribution is 9.10. The monoisotopic (exact) mass is 479 g/mol. The van der Waals surface area contributed by atoms with Crippen molar-refractivity contribution in [1.82, 2.24) is 4.90 Å². The molecule has 1 fully saturated rings. The summed E-state index contributed by atoms with van der Waals surface area (Å²) in [5, 5.41) is 0. The van der Waals surface area contributed by atoms with E-state index >= 15 is 0 Å². The second-order valence-corrected chi connectivity index (χ2v) is 8.57. The smallest absolute Gasteiger partial charge is 0.417 e. The molecule has 0 N–H and O–H groups in total. The van der Waals surface area contributed by atoms with Gasteiger partial charge in [0.15, 0.2) is 5.78 Å². The molecular weight excluding hydrogens is 459 g/mol. The van der Waals surface area contributed by atoms with Gasteiger partial charge in [-0.25, -0.2) is 9.59 Å². The zero-order chi connectivity index (χ0) is 22.1. The summed E-state index contributed by atoms with van der Waals surface area (Å²) in [5.74, 6) is -2.57. The number of methoxy groups -OCH3 is 1. The Labute approximate surface area is 174 Å². The third-order valence-electron chi connectivity index (χ3n) is 4.33. The molecule has 1 aromatic rings. The molecule has 1 aliphatic heterocycles. The largest absolute Gasteiger partial charge is 0.467 e. The first-order chi connectivity index (χ1) is 13.2. The van der Waals surface area contributed by atoms with Crippen LogP contribution in [0.25, 0.3) is 0 Å². The number of ketones is 1. The molecule has 0 aromatic heterocycles. The summed E-state index contributed by atoms with van der Waals surface area (Å²) >= 11 is 2.97. The van der Waals surface area contributed by atoms with Crippen LogP contribution in [0.15, 0.2) is 22.7 Å². The molecule has 1 heterocycles. The molecule has 29 heavy (non-hydrogen) atoms. The molecule has 0 saturated carbocycles. The Kier molecular flexibility index (Phi) is 6.66. The highest BCUT2D eigenvalue weighted by atomic mass is 79.9. The van der Waals surface area contributed by atoms with Crippen molar-refractivity contribution >= 4 is 33.8 Å². The average molecular weight is 480 g/mol. The molecule has 0 bridgehead atoms. The number of alkyl halides is 3. The Morgan fingerprint density at radius 3 is 2.31 bits per heavy atom. The fourth-order valence-corrected chi connectivity index (χ4v) is 3.45. The zero-order valence-corrected chi connectivity index (χ0v) is 17.9. The lowest BCUT2D eigenvalue weighted by atomic mass is 9.92. The lowest BCUT2D eigenvalue weighted by Gasteiger charge is -2.27. The number of rotatable bonds is 3. The molecule has 0 aliphatic carbocycles. The van der Waals surface area contributed by atoms with Crippen molar-refractivity contribution in [2.45, 2.75) is 45.0 Å². The van der Waals surface area contributed by atoms with Gasteiger partial charge >= 0.3 is 18.2 Å². The van der Waals surface area contributed by atoms with Crippen LogP contribution in [0.4, 0.5) is 18.0 Å². The second-order valence-electron chi connectivity index (χ2n) is 7.66. The Balaban J connectivity index is 2.35. The van der Waals surface area contributed by atoms with Crippen LogP contribution in [0.3, 0.4) is 0 Å². The van der Waals surface area contributed by atoms with Crippen molar-refractivity contribution in [3.05, 3.63) is 33.8 Å². The van der Waals surface area contributed by atoms with Gasteiger partial charge in [-0.3, -0.25) is 9.69 Å². The second kappa shape index (κ2) is 8.33. The SMILES string of the molecule is COC(=O)[C@@H]1CC(C(=O)c2ccc(Br)cc2C(F)(F)F)CN1C(=O)OC(C)(C)C. The molecule has 0 spiro atoms. The summed E-state index contributed by atoms with van der Waals surface area (Å²) in [6.07, 6.45) is -5.73. The van der Waals surface area contributed by atoms with Gasteiger partial charge in [0, 0.05) is 22.5 Å². The minimum atomic E-state index is -4.74. The van der Waals surface area contributed by atoms with Gasteiger partial charge in [0.05, 0.1) is 12.7 Å². The van der Waals surface area contributed by atoms with Crippen molar-refractivity contribution < 1.29 is 37.0 Å². The zero-order valence-electron chi connectivity index (χ0n) is 16.3. The van der Waals surface area contributed by atoms with Crippen molar-refractivity contribution in [1.29, 1.82) is 0 Å². The van der Waals surface area contributed by atoms with Crippen LogP contribution in [0, 0.1) is 5.92 Å². The van der Waals surface area contributed by atoms with Gasteiger partial charge in [-0.15, -0.1) is 0 Å². The molecule has 2 atom stereocenters. The van der Waals surface area contributed by atoms with Crippen LogP contribution < -0.4 is 0 Å². The van der Waals surface area contributed by atoms with Gasteiger partial charge in [-0.2, -0.15) is 13.2 Å². The first-order valence-electron chi connectivity index (χ1n) is 8.73. The number of carbonyl (C=O) groups is 3. The van der Waals surface area contributed by atoms with Gasteiger partial charge < -0.3 is 9.47 Å². The Morgan fingerprint density at radius 2 is 1.79 bits per heavy atom. The quantitative estimate of drug-likeness (QED) is 0.472. The summed E-state index contributed by atoms with van der Waals surface area (Å²) in [4.78, 5) is 38.5. The van der Waals surface area contributed by atoms with Gasteiger partial charge in [0.1, 0.15) is 11.6 Å². The van der Waals surface area contributed by atoms with Gasteiger partial charge in [0.2, 0.25) is 0 Å². The number of hydrogen-bond donors (Lipinski definition) is 0. The fraction of sp³-hybridized carbons (Fsp3) is 0.526. The number of ether oxygens (including phenoxy) is 2. The molecule has 6 nitrogen and oxygen atoms in total. The van der Waals surface area contributed by atoms with E-state index in [1.54, 1.807) is 20.8 Å². The maximum atomic E-state index is 13.4. The van der Waals surface area contributed by atoms with E-state index in [4.69, 9.17) is 4.74 Å². The van der Waals surface area contributed by atoms with E-state index in [-0.39, 0.29) is 17.4 Å². The summed E-state index contributed by atoms with van der Waals surface area (Å²) in [5.41, 5.74) is -2.45. The molecule has 1 saturated heterocycles. The maximum Gasteiger partial charge on any atom is 0.417 e. The van der Waals surface area contributed by atoms with Crippen LogP contribution in [0.5, 0.6) is 0 Å². The molecule has 1 aliphatic rings. The lowest BCUT2D eigenvalue weighted by molar-refractivity contribution is -0.145. The summed E-state index contributed by atoms with van der Waals surface area (Å²) in [7, 11) is 1.13. The van der Waals surface area contributed by atoms with Gasteiger partial charge in [-0.1, -0.05) is 15.9 Å². The normalized spacial score (nSPS) is 19.8. The minimum absolute atomic E-state index is 0.155. The van der Waals surface area contributed by atoms with Crippen molar-refractivity contribution in [2.75, 3.05) is 13.7 Å². The van der Waals surface area contributed by atoms with Crippen LogP contribution >= 0.6 is 15.9 Å². The van der Waals surface area contributed by atoms with E-state index in [2.05, 4.69) is 20.7 Å². The van der Waals surface area contributed by atoms with Crippen LogP contribution in [-0.4, -0.2) is 48.0 Å². The number of benzene rings is 1. The number of carbonyl (C=O) groups excluding carboxylic acids is 3. The Morgan fingerprint density at radius 1 is 1.17 bits per heavy atom. The topological polar surface area (TPSA) is 72.9 Å². The predicted octanol–water partition coefficient (Wildman–Crippen LogP) is 4.45. The number of halogens is 4. The first kappa shape index (κ1) is 23.2. The molecule has 2 rings (SSSR count). The standard InChI is InChI=1S/C19H21BrF3NO5/c1-18(2,3)29-17(27)24-9-10(7-14(24)16(26)28-4)15(25)12-6-5-11(20)8-13(12)19(21,22)23/h5-6,8,10,14H,7,9H2,1-4H3/t10?,14-/m0/s1. The molecule has 10 heteroatoms. The van der Waals surface area contributed by atoms with E-state index in [1.165, 1.54) is 6.07 Å². The summed E-state index contributed by atoms with van der Waals surface area (Å²) in [6.45, 7) is 4.65. The fourth-order valence-electron chi connectivity index (χ4n) is 3.09. The molecule has 0 radical (unpaired) electrons. The summed E-state index contributed by atoms with van der Waals surface area (Å²) in [6, 6.07) is 2.12. The first-order valence-corrected chi connectivity index (χ1v) is 9.52. The van der Waals surface area contributed by atoms with Crippen molar-refractivity contribution in [2.24, 2.45) is 5.92 Å². The molecular formula is C19H21BrF3NO5. The predicted molar refractivity (Wildman–Crippen MR) is 100 cm³/mol. The Bertz CT molecular complexity index is 819. The Hall–Kier alpha value is -2.10. The van der Waals surface area contributed by atoms with E-state index in [9.17, 15) is 27.6 Å². The van der Waals surface area contributed by atoms with Gasteiger partial charge in [-0.05, 0) is 45.4 Å². The highest BCUT2D eigenvalue weighted by Crippen LogP contribution is 2.37. The van der Waals surface area contributed by atoms with E-state index in [1.807, 2.05) is 0 Å². The number of hydrogen-bond acceptors (Lipinski definition) is 5. The lowest BCUT2D eigenvalue weighted by Crippen LogP contribution is -2.43. The molecule has 1 unspecified atom stereocenters. The van der Waals surface area contributed by atoms with E-state index in [0.29, 0.717) is 0 Å². The molecule has 160 valence electrons. The third kappa shape index (κ3) is 5.49. The van der Waals surface area contributed by atoms with Crippen LogP contribution in [0.1, 0.15) is 43.1 Å². The number of likely N-dealkylation sites (tertiary alicyclic amines) is 1. The molecule has 1 aromatic carbocycles. The third-order valence-corrected chi connectivity index (χ3v) is 4.82. The van der Waals surface area contributed by atoms with E-state index < -0.39 is 52.7 Å². The number of amides is 1. The highest BCUT2D eigenvalue weighted by Gasteiger charge is 2.46. The number of nitrogens with zero attached hydrogens (tertiary/aromatic N) is 1. The van der Waals surface area contributed by atoms with Gasteiger partial charge in [0.25, 0.3) is 0 Å². The number of esters is 1. The minimum Gasteiger partial charge on any atom is -0.467 e. The maximum absolute atomic E-state index is 13.4. The molecule has 1 amide bonds. The summed E-state index contributed by atoms with van der Waals surface area (Å²) < 4.78 is 50.3. The van der Waals surface area contributed by atoms with E-state index in [0.717, 1.165) is 24.1 Å². The average Bonchev–Trinajstić information content (AvgIpc) is 3.03. The van der Waals surface area contributed by atoms with Crippen molar-refractivity contribution in [3.8, 4) is 0 Å².